The highest BCUT2D eigenvalue weighted by Gasteiger charge is 2.43. The molecule has 0 radical (unpaired) electrons. The van der Waals surface area contributed by atoms with Crippen molar-refractivity contribution < 1.29 is 14.0 Å². The Kier molecular flexibility index (Phi) is 4.61. The maximum absolute atomic E-state index is 13.8. The predicted octanol–water partition coefficient (Wildman–Crippen LogP) is 2.37. The van der Waals surface area contributed by atoms with Gasteiger partial charge < -0.3 is 0 Å². The minimum Gasteiger partial charge on any atom is -0.291 e. The lowest BCUT2D eigenvalue weighted by molar-refractivity contribution is -0.123. The number of piperidine rings is 1. The zero-order valence-electron chi connectivity index (χ0n) is 15.1. The number of hydrogen-bond acceptors (Lipinski definition) is 4. The molecule has 0 N–H and O–H groups in total. The Morgan fingerprint density at radius 2 is 1.93 bits per heavy atom. The normalized spacial score (nSPS) is 21.2. The molecule has 2 aromatic rings. The zero-order valence-corrected chi connectivity index (χ0v) is 15.1. The number of nitrogens with zero attached hydrogens (tertiary/aromatic N) is 4. The number of benzene rings is 1. The van der Waals surface area contributed by atoms with Crippen LogP contribution in [0.15, 0.2) is 42.2 Å². The topological polar surface area (TPSA) is 58.4 Å². The second-order valence-corrected chi connectivity index (χ2v) is 7.02. The fourth-order valence-corrected chi connectivity index (χ4v) is 3.78. The Labute approximate surface area is 156 Å². The average Bonchev–Trinajstić information content (AvgIpc) is 3.20. The second kappa shape index (κ2) is 7.08. The molecule has 2 saturated heterocycles. The monoisotopic (exact) mass is 368 g/mol. The summed E-state index contributed by atoms with van der Waals surface area (Å²) in [6.45, 7) is 1.37. The lowest BCUT2D eigenvalue weighted by atomic mass is 9.99. The highest BCUT2D eigenvalue weighted by atomic mass is 19.1. The minimum absolute atomic E-state index is 0.186. The Morgan fingerprint density at radius 3 is 2.59 bits per heavy atom. The number of carbonyl (C=O) groups excluding carboxylic acids is 2. The zero-order chi connectivity index (χ0) is 19.0. The smallest absolute Gasteiger partial charge is 0.251 e. The van der Waals surface area contributed by atoms with Crippen LogP contribution in [0.3, 0.4) is 0 Å². The van der Waals surface area contributed by atoms with Gasteiger partial charge in [0.1, 0.15) is 5.82 Å². The Balaban J connectivity index is 1.43. The van der Waals surface area contributed by atoms with Gasteiger partial charge in [0, 0.05) is 31.9 Å². The first-order valence-electron chi connectivity index (χ1n) is 9.06. The molecule has 0 saturated carbocycles. The van der Waals surface area contributed by atoms with Gasteiger partial charge in [-0.05, 0) is 18.9 Å². The van der Waals surface area contributed by atoms with Crippen molar-refractivity contribution in [1.82, 2.24) is 14.7 Å². The quantitative estimate of drug-likeness (QED) is 0.781. The second-order valence-electron chi connectivity index (χ2n) is 7.02. The van der Waals surface area contributed by atoms with Gasteiger partial charge in [-0.3, -0.25) is 19.2 Å². The first-order chi connectivity index (χ1) is 13.0. The van der Waals surface area contributed by atoms with Gasteiger partial charge in [0.15, 0.2) is 0 Å². The number of hydrogen-bond donors (Lipinski definition) is 0. The number of aromatic nitrogens is 2. The van der Waals surface area contributed by atoms with Crippen molar-refractivity contribution in [2.45, 2.75) is 25.3 Å². The summed E-state index contributed by atoms with van der Waals surface area (Å²) in [7, 11) is 1.75. The molecule has 1 aromatic heterocycles. The fraction of sp³-hybridized carbons (Fsp3) is 0.350. The van der Waals surface area contributed by atoms with Crippen LogP contribution in [0, 0.1) is 5.82 Å². The van der Waals surface area contributed by atoms with Crippen molar-refractivity contribution in [1.29, 1.82) is 0 Å². The molecule has 1 unspecified atom stereocenters. The third-order valence-corrected chi connectivity index (χ3v) is 5.22. The number of halogens is 1. The molecule has 2 fully saturated rings. The van der Waals surface area contributed by atoms with E-state index in [-0.39, 0.29) is 24.1 Å². The Morgan fingerprint density at radius 1 is 1.19 bits per heavy atom. The van der Waals surface area contributed by atoms with Crippen molar-refractivity contribution in [3.05, 3.63) is 53.6 Å². The van der Waals surface area contributed by atoms with Gasteiger partial charge in [0.25, 0.3) is 5.91 Å². The van der Waals surface area contributed by atoms with Crippen molar-refractivity contribution >= 4 is 23.6 Å². The summed E-state index contributed by atoms with van der Waals surface area (Å²) >= 11 is 0. The molecule has 2 aliphatic heterocycles. The number of imide groups is 1. The molecular weight excluding hydrogens is 347 g/mol. The summed E-state index contributed by atoms with van der Waals surface area (Å²) in [6.07, 6.45) is 6.82. The van der Waals surface area contributed by atoms with Crippen LogP contribution >= 0.6 is 0 Å². The molecule has 140 valence electrons. The van der Waals surface area contributed by atoms with Gasteiger partial charge >= 0.3 is 0 Å². The third kappa shape index (κ3) is 3.42. The standard InChI is InChI=1S/C20H21FN4O2/c1-23-13-16(12-22-23)25-19(26)11-18(20(25)27)24-8-6-14(7-9-24)10-15-4-2-3-5-17(15)21/h2-5,10,12-13,18H,6-9,11H2,1H3. The van der Waals surface area contributed by atoms with Crippen LogP contribution < -0.4 is 4.90 Å². The van der Waals surface area contributed by atoms with Crippen LogP contribution in [0.2, 0.25) is 0 Å². The summed E-state index contributed by atoms with van der Waals surface area (Å²) in [5.41, 5.74) is 2.28. The highest BCUT2D eigenvalue weighted by Crippen LogP contribution is 2.29. The predicted molar refractivity (Wildman–Crippen MR) is 99.3 cm³/mol. The molecular formula is C20H21FN4O2. The van der Waals surface area contributed by atoms with E-state index in [9.17, 15) is 14.0 Å². The van der Waals surface area contributed by atoms with E-state index in [2.05, 4.69) is 10.00 Å². The van der Waals surface area contributed by atoms with E-state index in [1.807, 2.05) is 12.1 Å². The summed E-state index contributed by atoms with van der Waals surface area (Å²) in [5.74, 6) is -0.601. The van der Waals surface area contributed by atoms with E-state index in [4.69, 9.17) is 0 Å². The van der Waals surface area contributed by atoms with Crippen molar-refractivity contribution in [3.63, 3.8) is 0 Å². The van der Waals surface area contributed by atoms with E-state index < -0.39 is 6.04 Å². The maximum Gasteiger partial charge on any atom is 0.251 e. The van der Waals surface area contributed by atoms with E-state index in [1.54, 1.807) is 30.1 Å². The van der Waals surface area contributed by atoms with Crippen LogP contribution in [0.5, 0.6) is 0 Å². The van der Waals surface area contributed by atoms with Gasteiger partial charge in [-0.1, -0.05) is 29.8 Å². The van der Waals surface area contributed by atoms with Crippen LogP contribution in [-0.4, -0.2) is 45.6 Å². The van der Waals surface area contributed by atoms with Crippen LogP contribution in [0.1, 0.15) is 24.8 Å². The van der Waals surface area contributed by atoms with E-state index in [0.717, 1.165) is 18.4 Å². The lowest BCUT2D eigenvalue weighted by Crippen LogP contribution is -2.44. The van der Waals surface area contributed by atoms with Crippen LogP contribution in [-0.2, 0) is 16.6 Å². The molecule has 0 spiro atoms. The molecule has 2 aliphatic rings. The summed E-state index contributed by atoms with van der Waals surface area (Å²) < 4.78 is 15.4. The Bertz CT molecular complexity index is 910. The van der Waals surface area contributed by atoms with E-state index in [1.165, 1.54) is 17.2 Å². The third-order valence-electron chi connectivity index (χ3n) is 5.22. The molecule has 27 heavy (non-hydrogen) atoms. The number of aryl methyl sites for hydroxylation is 1. The fourth-order valence-electron chi connectivity index (χ4n) is 3.78. The Hall–Kier alpha value is -2.80. The number of amides is 2. The molecule has 4 rings (SSSR count). The number of carbonyl (C=O) groups is 2. The molecule has 1 atom stereocenters. The van der Waals surface area contributed by atoms with Crippen LogP contribution in [0.4, 0.5) is 10.1 Å². The van der Waals surface area contributed by atoms with Gasteiger partial charge in [-0.15, -0.1) is 0 Å². The van der Waals surface area contributed by atoms with E-state index in [0.29, 0.717) is 24.3 Å². The lowest BCUT2D eigenvalue weighted by Gasteiger charge is -2.32. The largest absolute Gasteiger partial charge is 0.291 e. The molecule has 6 nitrogen and oxygen atoms in total. The van der Waals surface area contributed by atoms with Crippen molar-refractivity contribution in [3.8, 4) is 0 Å². The number of anilines is 1. The maximum atomic E-state index is 13.8. The first kappa shape index (κ1) is 17.6. The van der Waals surface area contributed by atoms with Gasteiger partial charge in [-0.25, -0.2) is 9.29 Å². The molecule has 0 aliphatic carbocycles. The summed E-state index contributed by atoms with van der Waals surface area (Å²) in [4.78, 5) is 28.5. The number of likely N-dealkylation sites (tertiary alicyclic amines) is 1. The number of rotatable bonds is 3. The molecule has 7 heteroatoms. The summed E-state index contributed by atoms with van der Waals surface area (Å²) in [6, 6.07) is 6.29. The average molecular weight is 368 g/mol. The van der Waals surface area contributed by atoms with Gasteiger partial charge in [-0.2, -0.15) is 5.10 Å². The summed E-state index contributed by atoms with van der Waals surface area (Å²) in [5, 5.41) is 4.04. The molecule has 2 amide bonds. The van der Waals surface area contributed by atoms with Gasteiger partial charge in [0.05, 0.1) is 24.3 Å². The van der Waals surface area contributed by atoms with E-state index >= 15 is 0 Å². The SMILES string of the molecule is Cn1cc(N2C(=O)CC(N3CCC(=Cc4ccccc4F)CC3)C2=O)cn1. The molecule has 3 heterocycles. The van der Waals surface area contributed by atoms with Crippen molar-refractivity contribution in [2.75, 3.05) is 18.0 Å². The molecule has 0 bridgehead atoms. The van der Waals surface area contributed by atoms with Crippen LogP contribution in [0.25, 0.3) is 6.08 Å². The van der Waals surface area contributed by atoms with Gasteiger partial charge in [0.2, 0.25) is 5.91 Å². The van der Waals surface area contributed by atoms with Crippen molar-refractivity contribution in [2.24, 2.45) is 7.05 Å². The molecule has 1 aromatic carbocycles. The minimum atomic E-state index is -0.423. The highest BCUT2D eigenvalue weighted by molar-refractivity contribution is 6.22. The first-order valence-corrected chi connectivity index (χ1v) is 9.06.